The first-order chi connectivity index (χ1) is 14.5. The van der Waals surface area contributed by atoms with Crippen molar-refractivity contribution in [1.29, 1.82) is 0 Å². The van der Waals surface area contributed by atoms with Gasteiger partial charge in [-0.25, -0.2) is 8.42 Å². The van der Waals surface area contributed by atoms with Crippen molar-refractivity contribution in [3.8, 4) is 5.75 Å². The summed E-state index contributed by atoms with van der Waals surface area (Å²) in [4.78, 5) is 25.0. The van der Waals surface area contributed by atoms with Gasteiger partial charge in [0.05, 0.1) is 4.90 Å². The molecule has 0 saturated heterocycles. The quantitative estimate of drug-likeness (QED) is 0.581. The lowest BCUT2D eigenvalue weighted by Gasteiger charge is -2.25. The Kier molecular flexibility index (Phi) is 8.05. The smallest absolute Gasteiger partial charge is 0.281 e. The highest BCUT2D eigenvalue weighted by Crippen LogP contribution is 2.21. The molecule has 0 bridgehead atoms. The summed E-state index contributed by atoms with van der Waals surface area (Å²) < 4.78 is 32.3. The van der Waals surface area contributed by atoms with Gasteiger partial charge in [-0.05, 0) is 56.3 Å². The molecule has 2 aromatic rings. The second-order valence-electron chi connectivity index (χ2n) is 7.09. The number of nitrogens with zero attached hydrogens (tertiary/aromatic N) is 1. The monoisotopic (exact) mass is 467 g/mol. The van der Waals surface area contributed by atoms with E-state index in [1.165, 1.54) is 28.6 Å². The summed E-state index contributed by atoms with van der Waals surface area (Å²) in [6, 6.07) is 12.1. The van der Waals surface area contributed by atoms with Crippen LogP contribution in [-0.4, -0.2) is 43.2 Å². The number of halogens is 1. The Morgan fingerprint density at radius 2 is 1.65 bits per heavy atom. The molecule has 168 valence electrons. The van der Waals surface area contributed by atoms with Crippen LogP contribution in [0, 0.1) is 0 Å². The molecule has 10 heteroatoms. The molecule has 0 atom stereocenters. The van der Waals surface area contributed by atoms with Gasteiger partial charge in [0.25, 0.3) is 11.8 Å². The summed E-state index contributed by atoms with van der Waals surface area (Å²) in [7, 11) is -3.71. The summed E-state index contributed by atoms with van der Waals surface area (Å²) in [6.45, 7) is 7.19. The zero-order valence-electron chi connectivity index (χ0n) is 17.8. The molecule has 0 saturated carbocycles. The van der Waals surface area contributed by atoms with Crippen LogP contribution in [0.2, 0.25) is 5.02 Å². The van der Waals surface area contributed by atoms with E-state index in [1.807, 2.05) is 0 Å². The van der Waals surface area contributed by atoms with Crippen LogP contribution in [-0.2, 0) is 14.8 Å². The number of hydrogen-bond donors (Lipinski definition) is 2. The summed E-state index contributed by atoms with van der Waals surface area (Å²) in [5.41, 5.74) is 3.39. The van der Waals surface area contributed by atoms with Crippen LogP contribution in [0.5, 0.6) is 5.75 Å². The average molecular weight is 468 g/mol. The molecule has 2 rings (SSSR count). The summed E-state index contributed by atoms with van der Waals surface area (Å²) in [5, 5.41) is 0.534. The van der Waals surface area contributed by atoms with Gasteiger partial charge in [-0.3, -0.25) is 20.4 Å². The molecule has 0 unspecified atom stereocenters. The van der Waals surface area contributed by atoms with Crippen LogP contribution >= 0.6 is 11.6 Å². The fourth-order valence-electron chi connectivity index (χ4n) is 2.69. The molecule has 0 fully saturated rings. The third-order valence-electron chi connectivity index (χ3n) is 4.46. The van der Waals surface area contributed by atoms with Crippen molar-refractivity contribution in [2.75, 3.05) is 13.1 Å². The van der Waals surface area contributed by atoms with E-state index in [0.717, 1.165) is 0 Å². The fraction of sp³-hybridized carbons (Fsp3) is 0.333. The molecule has 2 N–H and O–H groups in total. The minimum Gasteiger partial charge on any atom is -0.478 e. The molecule has 0 heterocycles. The Bertz CT molecular complexity index is 1040. The number of amides is 2. The van der Waals surface area contributed by atoms with E-state index in [4.69, 9.17) is 16.3 Å². The normalized spacial score (nSPS) is 11.8. The number of nitrogens with one attached hydrogen (secondary N) is 2. The van der Waals surface area contributed by atoms with E-state index in [-0.39, 0.29) is 10.5 Å². The first kappa shape index (κ1) is 24.6. The van der Waals surface area contributed by atoms with E-state index in [9.17, 15) is 18.0 Å². The van der Waals surface area contributed by atoms with Gasteiger partial charge in [0.2, 0.25) is 10.0 Å². The number of benzene rings is 2. The predicted octanol–water partition coefficient (Wildman–Crippen LogP) is 2.99. The Morgan fingerprint density at radius 1 is 1.03 bits per heavy atom. The molecule has 0 aliphatic rings. The Labute approximate surface area is 187 Å². The van der Waals surface area contributed by atoms with Gasteiger partial charge in [0.1, 0.15) is 5.75 Å². The molecule has 31 heavy (non-hydrogen) atoms. The fourth-order valence-corrected chi connectivity index (χ4v) is 4.32. The van der Waals surface area contributed by atoms with Crippen molar-refractivity contribution in [3.05, 3.63) is 59.1 Å². The minimum absolute atomic E-state index is 0.00146. The van der Waals surface area contributed by atoms with Crippen molar-refractivity contribution < 1.29 is 22.7 Å². The number of carbonyl (C=O) groups is 2. The molecule has 0 radical (unpaired) electrons. The highest BCUT2D eigenvalue weighted by atomic mass is 35.5. The number of hydrogen-bond acceptors (Lipinski definition) is 5. The lowest BCUT2D eigenvalue weighted by Crippen LogP contribution is -2.53. The summed E-state index contributed by atoms with van der Waals surface area (Å²) >= 11 is 5.84. The van der Waals surface area contributed by atoms with Gasteiger partial charge >= 0.3 is 0 Å². The first-order valence-corrected chi connectivity index (χ1v) is 11.5. The van der Waals surface area contributed by atoms with E-state index >= 15 is 0 Å². The largest absolute Gasteiger partial charge is 0.478 e. The minimum atomic E-state index is -3.71. The Balaban J connectivity index is 2.06. The van der Waals surface area contributed by atoms with Crippen LogP contribution in [0.25, 0.3) is 0 Å². The van der Waals surface area contributed by atoms with Gasteiger partial charge in [0, 0.05) is 23.7 Å². The molecular weight excluding hydrogens is 442 g/mol. The molecule has 0 aliphatic heterocycles. The van der Waals surface area contributed by atoms with Gasteiger partial charge < -0.3 is 4.74 Å². The van der Waals surface area contributed by atoms with Crippen molar-refractivity contribution in [3.63, 3.8) is 0 Å². The molecule has 2 amide bonds. The SMILES string of the molecule is CCN(CC)S(=O)(=O)c1cccc(C(=O)NNC(=O)C(C)(C)Oc2ccc(Cl)cc2)c1. The lowest BCUT2D eigenvalue weighted by atomic mass is 10.1. The molecule has 0 aliphatic carbocycles. The van der Waals surface area contributed by atoms with Gasteiger partial charge in [-0.2, -0.15) is 4.31 Å². The van der Waals surface area contributed by atoms with E-state index in [2.05, 4.69) is 10.9 Å². The predicted molar refractivity (Wildman–Crippen MR) is 118 cm³/mol. The second kappa shape index (κ2) is 10.1. The average Bonchev–Trinajstić information content (AvgIpc) is 2.74. The van der Waals surface area contributed by atoms with Crippen molar-refractivity contribution in [1.82, 2.24) is 15.2 Å². The second-order valence-corrected chi connectivity index (χ2v) is 9.47. The van der Waals surface area contributed by atoms with E-state index < -0.39 is 27.4 Å². The maximum atomic E-state index is 12.7. The van der Waals surface area contributed by atoms with Crippen molar-refractivity contribution >= 4 is 33.4 Å². The third kappa shape index (κ3) is 6.19. The summed E-state index contributed by atoms with van der Waals surface area (Å²) in [6.07, 6.45) is 0. The highest BCUT2D eigenvalue weighted by molar-refractivity contribution is 7.89. The Hall–Kier alpha value is -2.62. The van der Waals surface area contributed by atoms with Gasteiger partial charge in [-0.15, -0.1) is 0 Å². The zero-order valence-corrected chi connectivity index (χ0v) is 19.4. The van der Waals surface area contributed by atoms with Crippen LogP contribution < -0.4 is 15.6 Å². The molecule has 2 aromatic carbocycles. The molecule has 0 spiro atoms. The summed E-state index contributed by atoms with van der Waals surface area (Å²) in [5.74, 6) is -0.819. The third-order valence-corrected chi connectivity index (χ3v) is 6.76. The topological polar surface area (TPSA) is 105 Å². The number of sulfonamides is 1. The number of carbonyl (C=O) groups excluding carboxylic acids is 2. The van der Waals surface area contributed by atoms with Crippen LogP contribution in [0.1, 0.15) is 38.1 Å². The number of ether oxygens (including phenoxy) is 1. The highest BCUT2D eigenvalue weighted by Gasteiger charge is 2.30. The standard InChI is InChI=1S/C21H26ClN3O5S/c1-5-25(6-2)31(28,29)18-9-7-8-15(14-18)19(26)23-24-20(27)21(3,4)30-17-12-10-16(22)11-13-17/h7-14H,5-6H2,1-4H3,(H,23,26)(H,24,27). The maximum Gasteiger partial charge on any atom is 0.281 e. The van der Waals surface area contributed by atoms with Crippen molar-refractivity contribution in [2.45, 2.75) is 38.2 Å². The first-order valence-electron chi connectivity index (χ1n) is 9.66. The maximum absolute atomic E-state index is 12.7. The van der Waals surface area contributed by atoms with Gasteiger partial charge in [0.15, 0.2) is 5.60 Å². The zero-order chi connectivity index (χ0) is 23.2. The molecule has 0 aromatic heterocycles. The van der Waals surface area contributed by atoms with E-state index in [1.54, 1.807) is 52.0 Å². The van der Waals surface area contributed by atoms with E-state index in [0.29, 0.717) is 23.9 Å². The molecular formula is C21H26ClN3O5S. The lowest BCUT2D eigenvalue weighted by molar-refractivity contribution is -0.135. The number of rotatable bonds is 8. The van der Waals surface area contributed by atoms with Crippen LogP contribution in [0.3, 0.4) is 0 Å². The van der Waals surface area contributed by atoms with Crippen LogP contribution in [0.4, 0.5) is 0 Å². The molecule has 8 nitrogen and oxygen atoms in total. The number of hydrazine groups is 1. The van der Waals surface area contributed by atoms with Crippen molar-refractivity contribution in [2.24, 2.45) is 0 Å². The van der Waals surface area contributed by atoms with Crippen LogP contribution in [0.15, 0.2) is 53.4 Å². The van der Waals surface area contributed by atoms with Gasteiger partial charge in [-0.1, -0.05) is 31.5 Å². The Morgan fingerprint density at radius 3 is 2.23 bits per heavy atom.